The van der Waals surface area contributed by atoms with E-state index in [0.29, 0.717) is 0 Å². The maximum absolute atomic E-state index is 11.7. The standard InChI is InChI=1S/C8H9BF3O.K/c10-9(11,12)7-13-6-8-4-2-1-3-5-8;/h1-5H,6-7H2;/q-1;+1. The van der Waals surface area contributed by atoms with Crippen LogP contribution in [0.15, 0.2) is 30.3 Å². The third-order valence-corrected chi connectivity index (χ3v) is 1.42. The molecule has 0 spiro atoms. The Morgan fingerprint density at radius 2 is 1.64 bits per heavy atom. The van der Waals surface area contributed by atoms with Gasteiger partial charge in [0.1, 0.15) is 0 Å². The van der Waals surface area contributed by atoms with Crippen molar-refractivity contribution in [1.82, 2.24) is 0 Å². The molecule has 0 radical (unpaired) electrons. The molecule has 0 aliphatic heterocycles. The zero-order chi connectivity index (χ0) is 9.73. The summed E-state index contributed by atoms with van der Waals surface area (Å²) in [7, 11) is 0. The molecule has 0 aromatic heterocycles. The minimum absolute atomic E-state index is 0. The molecule has 0 fully saturated rings. The van der Waals surface area contributed by atoms with E-state index in [2.05, 4.69) is 4.74 Å². The van der Waals surface area contributed by atoms with Crippen LogP contribution in [0.2, 0.25) is 0 Å². The number of rotatable bonds is 4. The Morgan fingerprint density at radius 3 is 2.14 bits per heavy atom. The van der Waals surface area contributed by atoms with Gasteiger partial charge in [0.2, 0.25) is 0 Å². The van der Waals surface area contributed by atoms with Gasteiger partial charge in [-0.2, -0.15) is 0 Å². The predicted molar refractivity (Wildman–Crippen MR) is 45.2 cm³/mol. The van der Waals surface area contributed by atoms with E-state index < -0.39 is 13.5 Å². The van der Waals surface area contributed by atoms with Gasteiger partial charge in [-0.25, -0.2) is 0 Å². The summed E-state index contributed by atoms with van der Waals surface area (Å²) in [4.78, 5) is 0. The first kappa shape index (κ1) is 14.7. The number of benzene rings is 1. The van der Waals surface area contributed by atoms with Crippen molar-refractivity contribution in [3.8, 4) is 0 Å². The first-order valence-corrected chi connectivity index (χ1v) is 3.90. The van der Waals surface area contributed by atoms with E-state index >= 15 is 0 Å². The summed E-state index contributed by atoms with van der Waals surface area (Å²) in [6.07, 6.45) is 0. The SMILES string of the molecule is F[B-](F)(F)COCc1ccccc1.[K+]. The summed E-state index contributed by atoms with van der Waals surface area (Å²) in [6, 6.07) is 8.78. The van der Waals surface area contributed by atoms with E-state index in [4.69, 9.17) is 0 Å². The summed E-state index contributed by atoms with van der Waals surface area (Å²) >= 11 is 0. The van der Waals surface area contributed by atoms with Crippen molar-refractivity contribution < 1.29 is 69.1 Å². The second kappa shape index (κ2) is 7.03. The van der Waals surface area contributed by atoms with E-state index in [0.717, 1.165) is 5.56 Å². The maximum Gasteiger partial charge on any atom is 1.00 e. The average molecular weight is 228 g/mol. The van der Waals surface area contributed by atoms with Crippen LogP contribution in [-0.4, -0.2) is 13.5 Å². The molecular weight excluding hydrogens is 219 g/mol. The van der Waals surface area contributed by atoms with E-state index in [-0.39, 0.29) is 58.0 Å². The van der Waals surface area contributed by atoms with Crippen LogP contribution in [0.3, 0.4) is 0 Å². The number of halogens is 3. The van der Waals surface area contributed by atoms with Crippen molar-refractivity contribution in [3.63, 3.8) is 0 Å². The maximum atomic E-state index is 11.7. The molecule has 0 saturated carbocycles. The third kappa shape index (κ3) is 7.03. The molecule has 14 heavy (non-hydrogen) atoms. The van der Waals surface area contributed by atoms with Gasteiger partial charge in [0, 0.05) is 6.51 Å². The average Bonchev–Trinajstić information content (AvgIpc) is 2.04. The van der Waals surface area contributed by atoms with Crippen LogP contribution in [0.25, 0.3) is 0 Å². The Bertz CT molecular complexity index is 253. The fraction of sp³-hybridized carbons (Fsp3) is 0.250. The van der Waals surface area contributed by atoms with Gasteiger partial charge >= 0.3 is 58.4 Å². The molecule has 0 aliphatic carbocycles. The fourth-order valence-corrected chi connectivity index (χ4v) is 0.885. The molecule has 0 N–H and O–H groups in total. The Balaban J connectivity index is 0.00000169. The summed E-state index contributed by atoms with van der Waals surface area (Å²) in [5.41, 5.74) is 0.752. The van der Waals surface area contributed by atoms with Crippen LogP contribution >= 0.6 is 0 Å². The zero-order valence-electron chi connectivity index (χ0n) is 7.92. The molecule has 0 bridgehead atoms. The van der Waals surface area contributed by atoms with Gasteiger partial charge in [0.25, 0.3) is 0 Å². The molecule has 72 valence electrons. The van der Waals surface area contributed by atoms with Gasteiger partial charge in [0.15, 0.2) is 0 Å². The van der Waals surface area contributed by atoms with Crippen molar-refractivity contribution in [1.29, 1.82) is 0 Å². The molecule has 0 saturated heterocycles. The second-order valence-corrected chi connectivity index (χ2v) is 2.71. The summed E-state index contributed by atoms with van der Waals surface area (Å²) in [5.74, 6) is 0. The van der Waals surface area contributed by atoms with Gasteiger partial charge in [-0.3, -0.25) is 0 Å². The number of hydrogen-bond acceptors (Lipinski definition) is 1. The fourth-order valence-electron chi connectivity index (χ4n) is 0.885. The van der Waals surface area contributed by atoms with Gasteiger partial charge in [-0.1, -0.05) is 30.3 Å². The number of ether oxygens (including phenoxy) is 1. The first-order chi connectivity index (χ1) is 6.08. The summed E-state index contributed by atoms with van der Waals surface area (Å²) in [6.45, 7) is -5.94. The normalized spacial score (nSPS) is 10.8. The van der Waals surface area contributed by atoms with Gasteiger partial charge in [-0.15, -0.1) is 0 Å². The second-order valence-electron chi connectivity index (χ2n) is 2.71. The Hall–Kier alpha value is 0.671. The van der Waals surface area contributed by atoms with Crippen LogP contribution < -0.4 is 51.4 Å². The van der Waals surface area contributed by atoms with E-state index in [9.17, 15) is 12.9 Å². The largest absolute Gasteiger partial charge is 1.00 e. The van der Waals surface area contributed by atoms with Gasteiger partial charge in [-0.05, 0) is 5.56 Å². The molecule has 1 nitrogen and oxygen atoms in total. The van der Waals surface area contributed by atoms with E-state index in [1.165, 1.54) is 0 Å². The minimum atomic E-state index is -4.82. The van der Waals surface area contributed by atoms with Crippen molar-refractivity contribution in [2.45, 2.75) is 6.61 Å². The van der Waals surface area contributed by atoms with Crippen LogP contribution in [-0.2, 0) is 11.3 Å². The number of hydrogen-bond donors (Lipinski definition) is 0. The molecular formula is C8H9BF3KO. The van der Waals surface area contributed by atoms with Crippen LogP contribution in [0.1, 0.15) is 5.56 Å². The Kier molecular flexibility index (Phi) is 7.37. The quantitative estimate of drug-likeness (QED) is 0.637. The zero-order valence-corrected chi connectivity index (χ0v) is 11.0. The predicted octanol–water partition coefficient (Wildman–Crippen LogP) is -0.406. The summed E-state index contributed by atoms with van der Waals surface area (Å²) < 4.78 is 39.6. The van der Waals surface area contributed by atoms with Gasteiger partial charge in [0.05, 0.1) is 6.61 Å². The monoisotopic (exact) mass is 228 g/mol. The van der Waals surface area contributed by atoms with Crippen molar-refractivity contribution >= 4 is 6.98 Å². The van der Waals surface area contributed by atoms with Crippen molar-refractivity contribution in [2.75, 3.05) is 6.51 Å². The Morgan fingerprint density at radius 1 is 1.07 bits per heavy atom. The molecule has 6 heteroatoms. The topological polar surface area (TPSA) is 9.23 Å². The molecule has 0 amide bonds. The third-order valence-electron chi connectivity index (χ3n) is 1.42. The molecule has 1 aromatic carbocycles. The van der Waals surface area contributed by atoms with Crippen molar-refractivity contribution in [3.05, 3.63) is 35.9 Å². The van der Waals surface area contributed by atoms with Crippen molar-refractivity contribution in [2.24, 2.45) is 0 Å². The van der Waals surface area contributed by atoms with Crippen LogP contribution in [0.4, 0.5) is 12.9 Å². The van der Waals surface area contributed by atoms with Gasteiger partial charge < -0.3 is 17.7 Å². The first-order valence-electron chi connectivity index (χ1n) is 3.90. The van der Waals surface area contributed by atoms with E-state index in [1.54, 1.807) is 30.3 Å². The molecule has 1 rings (SSSR count). The summed E-state index contributed by atoms with van der Waals surface area (Å²) in [5, 5.41) is 0. The smallest absolute Gasteiger partial charge is 0.447 e. The molecule has 0 atom stereocenters. The van der Waals surface area contributed by atoms with E-state index in [1.807, 2.05) is 0 Å². The minimum Gasteiger partial charge on any atom is -0.447 e. The molecule has 0 unspecified atom stereocenters. The van der Waals surface area contributed by atoms with Crippen LogP contribution in [0, 0.1) is 0 Å². The molecule has 0 heterocycles. The van der Waals surface area contributed by atoms with Crippen LogP contribution in [0.5, 0.6) is 0 Å². The molecule has 0 aliphatic rings. The Labute approximate surface area is 123 Å². The molecule has 1 aromatic rings.